The quantitative estimate of drug-likeness (QED) is 0.136. The molecular weight excluding hydrogens is 675 g/mol. The van der Waals surface area contributed by atoms with Crippen LogP contribution in [0.2, 0.25) is 15.1 Å². The maximum atomic E-state index is 12.8. The number of rotatable bonds is 11. The van der Waals surface area contributed by atoms with Crippen LogP contribution >= 0.6 is 34.8 Å². The standard InChI is InChI=1S/C20H21Cl3N2O2.C16H28N2O3/c1-12-7-15(9-16(21)8-12)20(26)25(3)11-19(24-27-4)13(2)14-5-6-17(22)18(23)10-14;1-3-8-17-10-6-14(7-11-17)18-9-4-5-13(16(18)20)12-15(19)21-2/h5-10,13H,11H2,1-4H3;13-14H,3-12H2,1-2H3/b24-19-;. The predicted molar refractivity (Wildman–Crippen MR) is 193 cm³/mol. The summed E-state index contributed by atoms with van der Waals surface area (Å²) in [7, 11) is 4.58. The normalized spacial score (nSPS) is 18.1. The van der Waals surface area contributed by atoms with Gasteiger partial charge in [0, 0.05) is 55.1 Å². The van der Waals surface area contributed by atoms with Gasteiger partial charge in [0.2, 0.25) is 5.91 Å². The fourth-order valence-corrected chi connectivity index (χ4v) is 6.91. The highest BCUT2D eigenvalue weighted by molar-refractivity contribution is 6.42. The number of carbonyl (C=O) groups excluding carboxylic acids is 3. The molecule has 0 aromatic heterocycles. The molecule has 0 N–H and O–H groups in total. The van der Waals surface area contributed by atoms with Crippen LogP contribution in [-0.2, 0) is 19.2 Å². The number of nitrogens with zero attached hydrogens (tertiary/aromatic N) is 4. The van der Waals surface area contributed by atoms with E-state index in [-0.39, 0.29) is 36.0 Å². The molecule has 4 rings (SSSR count). The highest BCUT2D eigenvalue weighted by Crippen LogP contribution is 2.29. The van der Waals surface area contributed by atoms with Crippen LogP contribution < -0.4 is 0 Å². The van der Waals surface area contributed by atoms with Crippen LogP contribution in [0.4, 0.5) is 0 Å². The van der Waals surface area contributed by atoms with Crippen molar-refractivity contribution in [3.05, 3.63) is 68.2 Å². The summed E-state index contributed by atoms with van der Waals surface area (Å²) >= 11 is 18.2. The minimum atomic E-state index is -0.270. The van der Waals surface area contributed by atoms with E-state index in [4.69, 9.17) is 44.4 Å². The Kier molecular flexibility index (Phi) is 16.0. The zero-order valence-corrected chi connectivity index (χ0v) is 31.2. The fraction of sp³-hybridized carbons (Fsp3) is 0.556. The Morgan fingerprint density at radius 2 is 1.73 bits per heavy atom. The molecule has 2 heterocycles. The number of oxime groups is 1. The van der Waals surface area contributed by atoms with Crippen molar-refractivity contribution in [2.24, 2.45) is 11.1 Å². The number of benzene rings is 2. The first-order valence-electron chi connectivity index (χ1n) is 16.6. The number of likely N-dealkylation sites (tertiary alicyclic amines) is 2. The van der Waals surface area contributed by atoms with E-state index in [0.29, 0.717) is 38.9 Å². The third kappa shape index (κ3) is 11.4. The molecule has 264 valence electrons. The molecule has 2 aromatic rings. The summed E-state index contributed by atoms with van der Waals surface area (Å²) in [6, 6.07) is 11.1. The summed E-state index contributed by atoms with van der Waals surface area (Å²) in [4.78, 5) is 47.9. The lowest BCUT2D eigenvalue weighted by atomic mass is 9.91. The second kappa shape index (κ2) is 19.4. The molecule has 0 spiro atoms. The first-order chi connectivity index (χ1) is 22.9. The Morgan fingerprint density at radius 1 is 1.02 bits per heavy atom. The second-order valence-corrected chi connectivity index (χ2v) is 13.8. The average Bonchev–Trinajstić information content (AvgIpc) is 3.06. The van der Waals surface area contributed by atoms with Crippen molar-refractivity contribution >= 4 is 58.3 Å². The topological polar surface area (TPSA) is 91.8 Å². The zero-order valence-electron chi connectivity index (χ0n) is 28.9. The summed E-state index contributed by atoms with van der Waals surface area (Å²) < 4.78 is 4.71. The molecule has 0 saturated carbocycles. The smallest absolute Gasteiger partial charge is 0.306 e. The van der Waals surface area contributed by atoms with Gasteiger partial charge in [0.15, 0.2) is 0 Å². The van der Waals surface area contributed by atoms with E-state index < -0.39 is 0 Å². The summed E-state index contributed by atoms with van der Waals surface area (Å²) in [5.41, 5.74) is 3.07. The largest absolute Gasteiger partial charge is 0.469 e. The Balaban J connectivity index is 0.000000269. The number of hydrogen-bond acceptors (Lipinski definition) is 7. The van der Waals surface area contributed by atoms with Crippen molar-refractivity contribution in [1.82, 2.24) is 14.7 Å². The first-order valence-corrected chi connectivity index (χ1v) is 17.7. The van der Waals surface area contributed by atoms with Gasteiger partial charge in [0.25, 0.3) is 5.91 Å². The lowest BCUT2D eigenvalue weighted by molar-refractivity contribution is -0.150. The molecule has 0 bridgehead atoms. The van der Waals surface area contributed by atoms with Crippen LogP contribution in [0.25, 0.3) is 0 Å². The maximum Gasteiger partial charge on any atom is 0.306 e. The van der Waals surface area contributed by atoms with Crippen molar-refractivity contribution in [2.45, 2.75) is 71.3 Å². The number of carbonyl (C=O) groups is 3. The number of methoxy groups -OCH3 is 1. The van der Waals surface area contributed by atoms with Crippen LogP contribution in [0.1, 0.15) is 79.8 Å². The molecule has 2 aliphatic rings. The van der Waals surface area contributed by atoms with Crippen molar-refractivity contribution in [3.63, 3.8) is 0 Å². The number of hydrogen-bond donors (Lipinski definition) is 0. The predicted octanol–water partition coefficient (Wildman–Crippen LogP) is 7.50. The number of piperidine rings is 2. The molecule has 2 saturated heterocycles. The minimum absolute atomic E-state index is 0.115. The van der Waals surface area contributed by atoms with Crippen LogP contribution in [0.15, 0.2) is 41.6 Å². The Bertz CT molecular complexity index is 1410. The molecule has 2 amide bonds. The van der Waals surface area contributed by atoms with Gasteiger partial charge in [-0.25, -0.2) is 0 Å². The molecule has 0 radical (unpaired) electrons. The first kappa shape index (κ1) is 39.6. The van der Waals surface area contributed by atoms with Gasteiger partial charge < -0.3 is 24.3 Å². The SMILES string of the molecule is CCCN1CCC(N2CCCC(CC(=O)OC)C2=O)CC1.CO/N=C(/CN(C)C(=O)c1cc(C)cc(Cl)c1)C(C)c1ccc(Cl)c(Cl)c1. The van der Waals surface area contributed by atoms with Crippen LogP contribution in [-0.4, -0.2) is 98.2 Å². The van der Waals surface area contributed by atoms with E-state index in [1.807, 2.05) is 30.9 Å². The van der Waals surface area contributed by atoms with Crippen LogP contribution in [0.3, 0.4) is 0 Å². The third-order valence-electron chi connectivity index (χ3n) is 8.95. The Labute approximate surface area is 300 Å². The molecule has 2 atom stereocenters. The van der Waals surface area contributed by atoms with Gasteiger partial charge in [-0.05, 0) is 87.0 Å². The molecule has 2 aromatic carbocycles. The molecule has 2 unspecified atom stereocenters. The van der Waals surface area contributed by atoms with Crippen molar-refractivity contribution < 1.29 is 24.0 Å². The van der Waals surface area contributed by atoms with E-state index in [2.05, 4.69) is 17.0 Å². The number of esters is 1. The van der Waals surface area contributed by atoms with E-state index in [9.17, 15) is 14.4 Å². The maximum absolute atomic E-state index is 12.8. The van der Waals surface area contributed by atoms with Gasteiger partial charge in [0.05, 0.1) is 35.8 Å². The Morgan fingerprint density at radius 3 is 2.33 bits per heavy atom. The molecule has 48 heavy (non-hydrogen) atoms. The van der Waals surface area contributed by atoms with Crippen molar-refractivity contribution in [3.8, 4) is 0 Å². The number of amides is 2. The molecule has 9 nitrogen and oxygen atoms in total. The van der Waals surface area contributed by atoms with E-state index in [1.54, 1.807) is 36.2 Å². The zero-order chi connectivity index (χ0) is 35.4. The minimum Gasteiger partial charge on any atom is -0.469 e. The van der Waals surface area contributed by atoms with Gasteiger partial charge >= 0.3 is 5.97 Å². The third-order valence-corrected chi connectivity index (χ3v) is 9.91. The molecule has 12 heteroatoms. The molecular formula is C36H49Cl3N4O5. The van der Waals surface area contributed by atoms with Gasteiger partial charge in [-0.15, -0.1) is 0 Å². The molecule has 2 aliphatic heterocycles. The summed E-state index contributed by atoms with van der Waals surface area (Å²) in [6.45, 7) is 10.6. The second-order valence-electron chi connectivity index (χ2n) is 12.6. The fourth-order valence-electron chi connectivity index (χ4n) is 6.31. The molecule has 0 aliphatic carbocycles. The van der Waals surface area contributed by atoms with E-state index in [1.165, 1.54) is 20.6 Å². The van der Waals surface area contributed by atoms with Crippen LogP contribution in [0, 0.1) is 12.8 Å². The highest BCUT2D eigenvalue weighted by atomic mass is 35.5. The van der Waals surface area contributed by atoms with E-state index >= 15 is 0 Å². The van der Waals surface area contributed by atoms with Gasteiger partial charge in [-0.2, -0.15) is 0 Å². The lowest BCUT2D eigenvalue weighted by Crippen LogP contribution is -2.51. The van der Waals surface area contributed by atoms with Gasteiger partial charge in [-0.3, -0.25) is 14.4 Å². The lowest BCUT2D eigenvalue weighted by Gasteiger charge is -2.42. The highest BCUT2D eigenvalue weighted by Gasteiger charge is 2.35. The summed E-state index contributed by atoms with van der Waals surface area (Å²) in [5.74, 6) is -0.532. The number of ether oxygens (including phenoxy) is 1. The average molecular weight is 724 g/mol. The Hall–Kier alpha value is -2.85. The van der Waals surface area contributed by atoms with Gasteiger partial charge in [-0.1, -0.05) is 59.9 Å². The molecule has 2 fully saturated rings. The van der Waals surface area contributed by atoms with Gasteiger partial charge in [0.1, 0.15) is 7.11 Å². The summed E-state index contributed by atoms with van der Waals surface area (Å²) in [6.07, 6.45) is 5.38. The van der Waals surface area contributed by atoms with Crippen molar-refractivity contribution in [1.29, 1.82) is 0 Å². The number of halogens is 3. The van der Waals surface area contributed by atoms with Crippen molar-refractivity contribution in [2.75, 3.05) is 54.0 Å². The monoisotopic (exact) mass is 722 g/mol. The van der Waals surface area contributed by atoms with Crippen LogP contribution in [0.5, 0.6) is 0 Å². The van der Waals surface area contributed by atoms with E-state index in [0.717, 1.165) is 63.0 Å². The number of aryl methyl sites for hydroxylation is 1. The summed E-state index contributed by atoms with van der Waals surface area (Å²) in [5, 5.41) is 5.61.